The van der Waals surface area contributed by atoms with E-state index < -0.39 is 6.10 Å². The minimum absolute atomic E-state index is 0.409. The average molecular weight is 277 g/mol. The van der Waals surface area contributed by atoms with Crippen LogP contribution in [0.25, 0.3) is 0 Å². The second-order valence-electron chi connectivity index (χ2n) is 4.34. The van der Waals surface area contributed by atoms with Gasteiger partial charge in [-0.25, -0.2) is 0 Å². The van der Waals surface area contributed by atoms with Crippen LogP contribution in [-0.4, -0.2) is 25.6 Å². The summed E-state index contributed by atoms with van der Waals surface area (Å²) in [6.45, 7) is 4.92. The van der Waals surface area contributed by atoms with Crippen molar-refractivity contribution in [1.29, 1.82) is 0 Å². The fourth-order valence-electron chi connectivity index (χ4n) is 1.94. The number of hydrogen-bond acceptors (Lipinski definition) is 4. The summed E-state index contributed by atoms with van der Waals surface area (Å²) in [4.78, 5) is 0. The molecular weight excluding hydrogens is 258 g/mol. The van der Waals surface area contributed by atoms with Crippen molar-refractivity contribution in [2.45, 2.75) is 38.1 Å². The molecule has 0 amide bonds. The quantitative estimate of drug-likeness (QED) is 0.825. The average Bonchev–Trinajstić information content (AvgIpc) is 2.80. The lowest BCUT2D eigenvalue weighted by atomic mass is 10.1. The van der Waals surface area contributed by atoms with Crippen LogP contribution in [0.3, 0.4) is 0 Å². The van der Waals surface area contributed by atoms with E-state index in [0.29, 0.717) is 6.42 Å². The van der Waals surface area contributed by atoms with Crippen LogP contribution in [0.5, 0.6) is 0 Å². The molecule has 0 fully saturated rings. The summed E-state index contributed by atoms with van der Waals surface area (Å²) in [5, 5.41) is 19.2. The minimum atomic E-state index is -0.409. The number of aliphatic hydroxyl groups excluding tert-OH is 1. The molecule has 0 bridgehead atoms. The highest BCUT2D eigenvalue weighted by atomic mass is 32.2. The fraction of sp³-hybridized carbons (Fsp3) is 0.429. The van der Waals surface area contributed by atoms with Crippen LogP contribution in [0, 0.1) is 6.92 Å². The van der Waals surface area contributed by atoms with Crippen molar-refractivity contribution in [3.05, 3.63) is 41.7 Å². The Morgan fingerprint density at radius 2 is 2.00 bits per heavy atom. The van der Waals surface area contributed by atoms with Crippen molar-refractivity contribution in [2.24, 2.45) is 0 Å². The van der Waals surface area contributed by atoms with Gasteiger partial charge in [0.2, 0.25) is 0 Å². The van der Waals surface area contributed by atoms with Gasteiger partial charge in [0.15, 0.2) is 5.16 Å². The van der Waals surface area contributed by atoms with Crippen molar-refractivity contribution in [3.8, 4) is 0 Å². The Hall–Kier alpha value is -1.33. The first kappa shape index (κ1) is 14.1. The summed E-state index contributed by atoms with van der Waals surface area (Å²) in [5.41, 5.74) is 0.969. The molecule has 0 saturated carbocycles. The molecule has 0 aliphatic rings. The maximum Gasteiger partial charge on any atom is 0.191 e. The van der Waals surface area contributed by atoms with Gasteiger partial charge in [-0.3, -0.25) is 0 Å². The van der Waals surface area contributed by atoms with Gasteiger partial charge in [0, 0.05) is 12.3 Å². The third kappa shape index (κ3) is 3.58. The summed E-state index contributed by atoms with van der Waals surface area (Å²) < 4.78 is 2.08. The van der Waals surface area contributed by atoms with Crippen LogP contribution in [0.15, 0.2) is 35.5 Å². The summed E-state index contributed by atoms with van der Waals surface area (Å²) in [6, 6.07) is 9.76. The van der Waals surface area contributed by atoms with Crippen molar-refractivity contribution >= 4 is 11.8 Å². The molecule has 0 unspecified atom stereocenters. The second kappa shape index (κ2) is 6.73. The maximum absolute atomic E-state index is 10.1. The Balaban J connectivity index is 1.86. The lowest BCUT2D eigenvalue weighted by Gasteiger charge is -2.10. The number of aromatic nitrogens is 3. The van der Waals surface area contributed by atoms with Gasteiger partial charge in [-0.15, -0.1) is 10.2 Å². The van der Waals surface area contributed by atoms with Crippen LogP contribution < -0.4 is 0 Å². The number of hydrogen-bond donors (Lipinski definition) is 1. The van der Waals surface area contributed by atoms with Crippen LogP contribution in [0.1, 0.15) is 30.8 Å². The molecule has 4 nitrogen and oxygen atoms in total. The monoisotopic (exact) mass is 277 g/mol. The van der Waals surface area contributed by atoms with Gasteiger partial charge in [-0.1, -0.05) is 42.1 Å². The number of nitrogens with zero attached hydrogens (tertiary/aromatic N) is 3. The first-order valence-corrected chi connectivity index (χ1v) is 7.46. The predicted octanol–water partition coefficient (Wildman–Crippen LogP) is 2.82. The standard InChI is InChI=1S/C14H19N3OS/c1-3-17-11(2)15-16-14(17)19-10-9-13(18)12-7-5-4-6-8-12/h4-8,13,18H,3,9-10H2,1-2H3/t13-/m0/s1. The molecule has 19 heavy (non-hydrogen) atoms. The third-order valence-corrected chi connectivity index (χ3v) is 4.02. The van der Waals surface area contributed by atoms with E-state index in [4.69, 9.17) is 0 Å². The first-order chi connectivity index (χ1) is 9.22. The van der Waals surface area contributed by atoms with E-state index in [1.165, 1.54) is 0 Å². The van der Waals surface area contributed by atoms with Crippen LogP contribution in [0.2, 0.25) is 0 Å². The molecule has 102 valence electrons. The summed E-state index contributed by atoms with van der Waals surface area (Å²) in [7, 11) is 0. The lowest BCUT2D eigenvalue weighted by Crippen LogP contribution is -2.01. The molecule has 0 radical (unpaired) electrons. The molecule has 1 N–H and O–H groups in total. The largest absolute Gasteiger partial charge is 0.388 e. The zero-order valence-electron chi connectivity index (χ0n) is 11.3. The molecule has 0 aliphatic heterocycles. The molecular formula is C14H19N3OS. The zero-order valence-corrected chi connectivity index (χ0v) is 12.1. The van der Waals surface area contributed by atoms with Gasteiger partial charge >= 0.3 is 0 Å². The van der Waals surface area contributed by atoms with Gasteiger partial charge in [0.25, 0.3) is 0 Å². The van der Waals surface area contributed by atoms with E-state index in [2.05, 4.69) is 21.7 Å². The van der Waals surface area contributed by atoms with Gasteiger partial charge in [-0.2, -0.15) is 0 Å². The maximum atomic E-state index is 10.1. The molecule has 1 aromatic carbocycles. The van der Waals surface area contributed by atoms with E-state index in [9.17, 15) is 5.11 Å². The topological polar surface area (TPSA) is 50.9 Å². The molecule has 2 aromatic rings. The van der Waals surface area contributed by atoms with Gasteiger partial charge < -0.3 is 9.67 Å². The first-order valence-electron chi connectivity index (χ1n) is 6.48. The molecule has 1 heterocycles. The van der Waals surface area contributed by atoms with Gasteiger partial charge in [-0.05, 0) is 25.8 Å². The Morgan fingerprint density at radius 3 is 2.68 bits per heavy atom. The second-order valence-corrected chi connectivity index (χ2v) is 5.40. The number of aliphatic hydroxyl groups is 1. The molecule has 1 aromatic heterocycles. The van der Waals surface area contributed by atoms with E-state index >= 15 is 0 Å². The van der Waals surface area contributed by atoms with Crippen molar-refractivity contribution in [1.82, 2.24) is 14.8 Å². The number of benzene rings is 1. The number of rotatable bonds is 6. The Labute approximate surface area is 117 Å². The van der Waals surface area contributed by atoms with Gasteiger partial charge in [0.05, 0.1) is 6.10 Å². The molecule has 0 saturated heterocycles. The summed E-state index contributed by atoms with van der Waals surface area (Å²) in [6.07, 6.45) is 0.303. The molecule has 0 spiro atoms. The molecule has 1 atom stereocenters. The summed E-state index contributed by atoms with van der Waals surface area (Å²) in [5.74, 6) is 1.77. The molecule has 5 heteroatoms. The van der Waals surface area contributed by atoms with Crippen LogP contribution in [0.4, 0.5) is 0 Å². The van der Waals surface area contributed by atoms with E-state index in [-0.39, 0.29) is 0 Å². The smallest absolute Gasteiger partial charge is 0.191 e. The van der Waals surface area contributed by atoms with Crippen LogP contribution in [-0.2, 0) is 6.54 Å². The number of aryl methyl sites for hydroxylation is 1. The SMILES string of the molecule is CCn1c(C)nnc1SCC[C@H](O)c1ccccc1. The molecule has 0 aliphatic carbocycles. The van der Waals surface area contributed by atoms with Crippen molar-refractivity contribution in [2.75, 3.05) is 5.75 Å². The third-order valence-electron chi connectivity index (χ3n) is 3.02. The highest BCUT2D eigenvalue weighted by molar-refractivity contribution is 7.99. The normalized spacial score (nSPS) is 12.6. The van der Waals surface area contributed by atoms with Crippen molar-refractivity contribution < 1.29 is 5.11 Å². The lowest BCUT2D eigenvalue weighted by molar-refractivity contribution is 0.175. The summed E-state index contributed by atoms with van der Waals surface area (Å²) >= 11 is 1.64. The van der Waals surface area contributed by atoms with Crippen LogP contribution >= 0.6 is 11.8 Å². The highest BCUT2D eigenvalue weighted by Crippen LogP contribution is 2.23. The van der Waals surface area contributed by atoms with E-state index in [1.807, 2.05) is 37.3 Å². The Bertz CT molecular complexity index is 513. The fourth-order valence-corrected chi connectivity index (χ4v) is 2.98. The number of thioether (sulfide) groups is 1. The van der Waals surface area contributed by atoms with Crippen molar-refractivity contribution in [3.63, 3.8) is 0 Å². The highest BCUT2D eigenvalue weighted by Gasteiger charge is 2.10. The Kier molecular flexibility index (Phi) is 4.99. The van der Waals surface area contributed by atoms with E-state index in [1.54, 1.807) is 11.8 Å². The molecule has 2 rings (SSSR count). The van der Waals surface area contributed by atoms with Gasteiger partial charge in [0.1, 0.15) is 5.82 Å². The Morgan fingerprint density at radius 1 is 1.26 bits per heavy atom. The minimum Gasteiger partial charge on any atom is -0.388 e. The predicted molar refractivity (Wildman–Crippen MR) is 77.2 cm³/mol. The zero-order chi connectivity index (χ0) is 13.7. The van der Waals surface area contributed by atoms with E-state index in [0.717, 1.165) is 28.8 Å².